The van der Waals surface area contributed by atoms with Crippen molar-refractivity contribution in [1.82, 2.24) is 5.32 Å². The third-order valence-corrected chi connectivity index (χ3v) is 4.44. The van der Waals surface area contributed by atoms with Crippen LogP contribution in [0.1, 0.15) is 18.2 Å². The number of rotatable bonds is 3. The zero-order valence-corrected chi connectivity index (χ0v) is 10.3. The predicted octanol–water partition coefficient (Wildman–Crippen LogP) is 2.51. The van der Waals surface area contributed by atoms with Gasteiger partial charge in [-0.3, -0.25) is 4.79 Å². The summed E-state index contributed by atoms with van der Waals surface area (Å²) in [5.41, 5.74) is -0.187. The van der Waals surface area contributed by atoms with Crippen LogP contribution in [0.3, 0.4) is 0 Å². The highest BCUT2D eigenvalue weighted by molar-refractivity contribution is 7.10. The Morgan fingerprint density at radius 2 is 2.53 bits per heavy atom. The fraction of sp³-hybridized carbons (Fsp3) is 0.545. The SMILES string of the molecule is CC1(C(=O)Cc2sccc2Cl)CCNC1. The molecule has 0 bridgehead atoms. The zero-order valence-electron chi connectivity index (χ0n) is 8.68. The second-order valence-corrected chi connectivity index (χ2v) is 5.69. The Morgan fingerprint density at radius 3 is 3.07 bits per heavy atom. The topological polar surface area (TPSA) is 29.1 Å². The predicted molar refractivity (Wildman–Crippen MR) is 63.6 cm³/mol. The summed E-state index contributed by atoms with van der Waals surface area (Å²) in [7, 11) is 0. The second kappa shape index (κ2) is 4.24. The number of halogens is 1. The molecule has 2 heterocycles. The second-order valence-electron chi connectivity index (χ2n) is 4.28. The first kappa shape index (κ1) is 11.1. The molecule has 0 radical (unpaired) electrons. The van der Waals surface area contributed by atoms with Crippen molar-refractivity contribution >= 4 is 28.7 Å². The minimum atomic E-state index is -0.187. The Hall–Kier alpha value is -0.380. The van der Waals surface area contributed by atoms with Crippen molar-refractivity contribution in [1.29, 1.82) is 0 Å². The van der Waals surface area contributed by atoms with Crippen LogP contribution in [-0.4, -0.2) is 18.9 Å². The molecule has 1 aliphatic rings. The number of carbonyl (C=O) groups excluding carboxylic acids is 1. The zero-order chi connectivity index (χ0) is 10.9. The fourth-order valence-corrected chi connectivity index (χ4v) is 2.97. The summed E-state index contributed by atoms with van der Waals surface area (Å²) in [5, 5.41) is 5.89. The maximum absolute atomic E-state index is 12.1. The highest BCUT2D eigenvalue weighted by Crippen LogP contribution is 2.30. The van der Waals surface area contributed by atoms with Gasteiger partial charge in [0.2, 0.25) is 0 Å². The van der Waals surface area contributed by atoms with Gasteiger partial charge in [-0.05, 0) is 24.4 Å². The van der Waals surface area contributed by atoms with Gasteiger partial charge in [0.25, 0.3) is 0 Å². The molecule has 0 spiro atoms. The van der Waals surface area contributed by atoms with E-state index in [4.69, 9.17) is 11.6 Å². The van der Waals surface area contributed by atoms with E-state index in [-0.39, 0.29) is 5.41 Å². The van der Waals surface area contributed by atoms with Crippen LogP contribution in [0.5, 0.6) is 0 Å². The summed E-state index contributed by atoms with van der Waals surface area (Å²) >= 11 is 7.54. The molecule has 1 aliphatic heterocycles. The van der Waals surface area contributed by atoms with Crippen LogP contribution in [-0.2, 0) is 11.2 Å². The third kappa shape index (κ3) is 2.25. The summed E-state index contributed by atoms with van der Waals surface area (Å²) < 4.78 is 0. The van der Waals surface area contributed by atoms with Crippen molar-refractivity contribution in [3.05, 3.63) is 21.3 Å². The largest absolute Gasteiger partial charge is 0.316 e. The van der Waals surface area contributed by atoms with E-state index in [1.54, 1.807) is 11.3 Å². The average Bonchev–Trinajstić information content (AvgIpc) is 2.78. The van der Waals surface area contributed by atoms with E-state index in [1.165, 1.54) is 0 Å². The van der Waals surface area contributed by atoms with Gasteiger partial charge in [0.1, 0.15) is 5.78 Å². The molecule has 2 rings (SSSR count). The van der Waals surface area contributed by atoms with Gasteiger partial charge in [-0.25, -0.2) is 0 Å². The van der Waals surface area contributed by atoms with Crippen LogP contribution in [0.4, 0.5) is 0 Å². The van der Waals surface area contributed by atoms with Gasteiger partial charge >= 0.3 is 0 Å². The Labute approximate surface area is 98.6 Å². The van der Waals surface area contributed by atoms with Crippen molar-refractivity contribution in [3.8, 4) is 0 Å². The van der Waals surface area contributed by atoms with Gasteiger partial charge in [-0.1, -0.05) is 18.5 Å². The maximum atomic E-state index is 12.1. The lowest BCUT2D eigenvalue weighted by Crippen LogP contribution is -2.31. The van der Waals surface area contributed by atoms with E-state index in [0.29, 0.717) is 12.2 Å². The highest BCUT2D eigenvalue weighted by atomic mass is 35.5. The molecular formula is C11H14ClNOS. The number of hydrogen-bond acceptors (Lipinski definition) is 3. The minimum Gasteiger partial charge on any atom is -0.316 e. The lowest BCUT2D eigenvalue weighted by Gasteiger charge is -2.20. The lowest BCUT2D eigenvalue weighted by molar-refractivity contribution is -0.126. The van der Waals surface area contributed by atoms with Gasteiger partial charge in [0.15, 0.2) is 0 Å². The molecule has 82 valence electrons. The van der Waals surface area contributed by atoms with Crippen LogP contribution in [0.25, 0.3) is 0 Å². The number of carbonyl (C=O) groups is 1. The summed E-state index contributed by atoms with van der Waals surface area (Å²) in [5.74, 6) is 0.303. The molecule has 4 heteroatoms. The minimum absolute atomic E-state index is 0.187. The smallest absolute Gasteiger partial charge is 0.145 e. The molecule has 1 saturated heterocycles. The van der Waals surface area contributed by atoms with Gasteiger partial charge in [-0.15, -0.1) is 11.3 Å². The fourth-order valence-electron chi connectivity index (χ4n) is 1.87. The van der Waals surface area contributed by atoms with Crippen molar-refractivity contribution in [2.45, 2.75) is 19.8 Å². The Balaban J connectivity index is 2.07. The van der Waals surface area contributed by atoms with E-state index < -0.39 is 0 Å². The van der Waals surface area contributed by atoms with E-state index in [2.05, 4.69) is 5.32 Å². The van der Waals surface area contributed by atoms with Gasteiger partial charge < -0.3 is 5.32 Å². The summed E-state index contributed by atoms with van der Waals surface area (Å²) in [6, 6.07) is 1.85. The molecule has 0 saturated carbocycles. The van der Waals surface area contributed by atoms with Crippen molar-refractivity contribution in [3.63, 3.8) is 0 Å². The number of thiophene rings is 1. The Morgan fingerprint density at radius 1 is 1.73 bits per heavy atom. The number of ketones is 1. The van der Waals surface area contributed by atoms with Crippen LogP contribution in [0.2, 0.25) is 5.02 Å². The molecule has 2 nitrogen and oxygen atoms in total. The van der Waals surface area contributed by atoms with Crippen LogP contribution < -0.4 is 5.32 Å². The monoisotopic (exact) mass is 243 g/mol. The molecule has 1 aromatic rings. The van der Waals surface area contributed by atoms with E-state index in [0.717, 1.165) is 29.4 Å². The van der Waals surface area contributed by atoms with Crippen molar-refractivity contribution < 1.29 is 4.79 Å². The third-order valence-electron chi connectivity index (χ3n) is 3.05. The molecule has 1 unspecified atom stereocenters. The molecule has 1 atom stereocenters. The molecule has 0 amide bonds. The Bertz CT molecular complexity index is 368. The maximum Gasteiger partial charge on any atom is 0.145 e. The van der Waals surface area contributed by atoms with Crippen LogP contribution in [0, 0.1) is 5.41 Å². The van der Waals surface area contributed by atoms with Crippen LogP contribution in [0.15, 0.2) is 11.4 Å². The first-order valence-corrected chi connectivity index (χ1v) is 6.33. The molecule has 0 aliphatic carbocycles. The van der Waals surface area contributed by atoms with E-state index >= 15 is 0 Å². The Kier molecular flexibility index (Phi) is 3.14. The molecule has 0 aromatic carbocycles. The van der Waals surface area contributed by atoms with E-state index in [9.17, 15) is 4.79 Å². The molecule has 1 fully saturated rings. The first-order valence-electron chi connectivity index (χ1n) is 5.08. The van der Waals surface area contributed by atoms with Crippen molar-refractivity contribution in [2.24, 2.45) is 5.41 Å². The highest BCUT2D eigenvalue weighted by Gasteiger charge is 2.35. The number of nitrogens with one attached hydrogen (secondary N) is 1. The molecule has 1 N–H and O–H groups in total. The van der Waals surface area contributed by atoms with Crippen LogP contribution >= 0.6 is 22.9 Å². The quantitative estimate of drug-likeness (QED) is 0.884. The summed E-state index contributed by atoms with van der Waals surface area (Å²) in [6.07, 6.45) is 1.42. The average molecular weight is 244 g/mol. The molecule has 15 heavy (non-hydrogen) atoms. The lowest BCUT2D eigenvalue weighted by atomic mass is 9.83. The summed E-state index contributed by atoms with van der Waals surface area (Å²) in [4.78, 5) is 13.1. The number of Topliss-reactive ketones (excluding diaryl/α,β-unsaturated/α-hetero) is 1. The molecular weight excluding hydrogens is 230 g/mol. The first-order chi connectivity index (χ1) is 7.12. The normalized spacial score (nSPS) is 25.7. The van der Waals surface area contributed by atoms with Gasteiger partial charge in [0, 0.05) is 23.3 Å². The van der Waals surface area contributed by atoms with Gasteiger partial charge in [0.05, 0.1) is 5.02 Å². The summed E-state index contributed by atoms with van der Waals surface area (Å²) in [6.45, 7) is 3.78. The standard InChI is InChI=1S/C11H14ClNOS/c1-11(3-4-13-7-11)10(14)6-9-8(12)2-5-15-9/h2,5,13H,3-4,6-7H2,1H3. The van der Waals surface area contributed by atoms with E-state index in [1.807, 2.05) is 18.4 Å². The van der Waals surface area contributed by atoms with Crippen molar-refractivity contribution in [2.75, 3.05) is 13.1 Å². The number of hydrogen-bond donors (Lipinski definition) is 1. The molecule has 1 aromatic heterocycles. The van der Waals surface area contributed by atoms with Gasteiger partial charge in [-0.2, -0.15) is 0 Å².